The average molecular weight is 452 g/mol. The van der Waals surface area contributed by atoms with Gasteiger partial charge in [0, 0.05) is 31.3 Å². The Morgan fingerprint density at radius 1 is 1.12 bits per heavy atom. The number of likely N-dealkylation sites (tertiary alicyclic amines) is 1. The van der Waals surface area contributed by atoms with Crippen LogP contribution in [0, 0.1) is 5.92 Å². The Hall–Kier alpha value is -3.26. The van der Waals surface area contributed by atoms with Crippen LogP contribution >= 0.6 is 0 Å². The highest BCUT2D eigenvalue weighted by Crippen LogP contribution is 2.37. The van der Waals surface area contributed by atoms with Crippen LogP contribution < -0.4 is 24.4 Å². The van der Waals surface area contributed by atoms with E-state index in [2.05, 4.69) is 22.3 Å². The van der Waals surface area contributed by atoms with Crippen molar-refractivity contribution in [3.63, 3.8) is 0 Å². The van der Waals surface area contributed by atoms with Crippen LogP contribution in [0.15, 0.2) is 42.5 Å². The number of nitrogens with one attached hydrogen (secondary N) is 1. The number of nitrogens with zero attached hydrogens (tertiary/aromatic N) is 2. The number of ether oxygens (including phenoxy) is 3. The summed E-state index contributed by atoms with van der Waals surface area (Å²) in [5, 5.41) is 3.13. The summed E-state index contributed by atoms with van der Waals surface area (Å²) in [4.78, 5) is 29.8. The molecule has 2 unspecified atom stereocenters. The van der Waals surface area contributed by atoms with Crippen molar-refractivity contribution in [3.05, 3.63) is 48.0 Å². The Bertz CT molecular complexity index is 1020. The smallest absolute Gasteiger partial charge is 0.231 e. The number of carbonyl (C=O) groups excluding carboxylic acids is 2. The third kappa shape index (κ3) is 4.48. The lowest BCUT2D eigenvalue weighted by Gasteiger charge is -2.28. The maximum absolute atomic E-state index is 13.0. The minimum atomic E-state index is -0.377. The number of methoxy groups -OCH3 is 1. The molecule has 8 nitrogen and oxygen atoms in total. The molecule has 0 radical (unpaired) electrons. The fourth-order valence-electron chi connectivity index (χ4n) is 4.86. The van der Waals surface area contributed by atoms with Gasteiger partial charge in [0.05, 0.1) is 19.1 Å². The Kier molecular flexibility index (Phi) is 6.09. The van der Waals surface area contributed by atoms with Crippen LogP contribution in [0.25, 0.3) is 0 Å². The summed E-state index contributed by atoms with van der Waals surface area (Å²) in [6.45, 7) is 3.10. The highest BCUT2D eigenvalue weighted by molar-refractivity contribution is 6.00. The molecule has 3 aliphatic heterocycles. The van der Waals surface area contributed by atoms with Crippen molar-refractivity contribution in [1.29, 1.82) is 0 Å². The lowest BCUT2D eigenvalue weighted by molar-refractivity contribution is -0.126. The van der Waals surface area contributed by atoms with Gasteiger partial charge < -0.3 is 24.4 Å². The first kappa shape index (κ1) is 21.6. The number of hydrogen-bond donors (Lipinski definition) is 1. The first-order valence-corrected chi connectivity index (χ1v) is 11.5. The predicted molar refractivity (Wildman–Crippen MR) is 123 cm³/mol. The number of fused-ring (bicyclic) bond motifs is 1. The van der Waals surface area contributed by atoms with Gasteiger partial charge >= 0.3 is 0 Å². The SMILES string of the molecule is COc1ccc(C(CNC(=O)C2CC(=O)N(c3ccc4c(c3)OCO4)C2)N2CCCC2)cc1. The summed E-state index contributed by atoms with van der Waals surface area (Å²) >= 11 is 0. The molecule has 8 heteroatoms. The first-order valence-electron chi connectivity index (χ1n) is 11.5. The van der Waals surface area contributed by atoms with Gasteiger partial charge in [-0.1, -0.05) is 12.1 Å². The Balaban J connectivity index is 1.24. The highest BCUT2D eigenvalue weighted by Gasteiger charge is 2.36. The summed E-state index contributed by atoms with van der Waals surface area (Å²) in [7, 11) is 1.66. The zero-order valence-electron chi connectivity index (χ0n) is 18.8. The molecular weight excluding hydrogens is 422 g/mol. The van der Waals surface area contributed by atoms with Crippen molar-refractivity contribution < 1.29 is 23.8 Å². The summed E-state index contributed by atoms with van der Waals surface area (Å²) in [6.07, 6.45) is 2.54. The van der Waals surface area contributed by atoms with Gasteiger partial charge in [-0.05, 0) is 55.8 Å². The molecule has 1 N–H and O–H groups in total. The third-order valence-electron chi connectivity index (χ3n) is 6.72. The Morgan fingerprint density at radius 3 is 2.64 bits per heavy atom. The van der Waals surface area contributed by atoms with Gasteiger partial charge in [0.25, 0.3) is 0 Å². The lowest BCUT2D eigenvalue weighted by Crippen LogP contribution is -2.40. The molecule has 2 atom stereocenters. The van der Waals surface area contributed by atoms with Crippen molar-refractivity contribution in [3.8, 4) is 17.2 Å². The minimum Gasteiger partial charge on any atom is -0.497 e. The van der Waals surface area contributed by atoms with E-state index >= 15 is 0 Å². The van der Waals surface area contributed by atoms with Crippen molar-refractivity contribution in [1.82, 2.24) is 10.2 Å². The van der Waals surface area contributed by atoms with Crippen molar-refractivity contribution >= 4 is 17.5 Å². The molecule has 3 aliphatic rings. The summed E-state index contributed by atoms with van der Waals surface area (Å²) < 4.78 is 16.1. The van der Waals surface area contributed by atoms with Gasteiger partial charge in [0.15, 0.2) is 11.5 Å². The fraction of sp³-hybridized carbons (Fsp3) is 0.440. The average Bonchev–Trinajstić information content (AvgIpc) is 3.60. The summed E-state index contributed by atoms with van der Waals surface area (Å²) in [6, 6.07) is 13.6. The maximum atomic E-state index is 13.0. The van der Waals surface area contributed by atoms with E-state index in [9.17, 15) is 9.59 Å². The molecule has 0 saturated carbocycles. The maximum Gasteiger partial charge on any atom is 0.231 e. The molecule has 2 aromatic carbocycles. The van der Waals surface area contributed by atoms with Crippen LogP contribution in [0.1, 0.15) is 30.9 Å². The standard InChI is InChI=1S/C25H29N3O5/c1-31-20-7-4-17(5-8-20)21(27-10-2-3-11-27)14-26-25(30)18-12-24(29)28(15-18)19-6-9-22-23(13-19)33-16-32-22/h4-9,13,18,21H,2-3,10-12,14-16H2,1H3,(H,26,30). The topological polar surface area (TPSA) is 80.3 Å². The van der Waals surface area contributed by atoms with Crippen LogP contribution in [0.3, 0.4) is 0 Å². The van der Waals surface area contributed by atoms with E-state index in [1.165, 1.54) is 12.8 Å². The number of carbonyl (C=O) groups is 2. The van der Waals surface area contributed by atoms with Crippen LogP contribution in [-0.4, -0.2) is 56.8 Å². The molecule has 0 bridgehead atoms. The monoisotopic (exact) mass is 451 g/mol. The minimum absolute atomic E-state index is 0.0553. The van der Waals surface area contributed by atoms with Gasteiger partial charge in [-0.15, -0.1) is 0 Å². The van der Waals surface area contributed by atoms with Crippen LogP contribution in [-0.2, 0) is 9.59 Å². The largest absolute Gasteiger partial charge is 0.497 e. The van der Waals surface area contributed by atoms with Crippen molar-refractivity contribution in [2.45, 2.75) is 25.3 Å². The van der Waals surface area contributed by atoms with E-state index in [-0.39, 0.29) is 37.0 Å². The van der Waals surface area contributed by atoms with Gasteiger partial charge in [-0.2, -0.15) is 0 Å². The molecule has 0 aromatic heterocycles. The van der Waals surface area contributed by atoms with Gasteiger partial charge in [-0.25, -0.2) is 0 Å². The molecule has 2 saturated heterocycles. The van der Waals surface area contributed by atoms with E-state index in [0.717, 1.165) is 30.1 Å². The molecule has 2 fully saturated rings. The number of amides is 2. The van der Waals surface area contributed by atoms with E-state index in [1.54, 1.807) is 24.1 Å². The van der Waals surface area contributed by atoms with Crippen LogP contribution in [0.4, 0.5) is 5.69 Å². The number of rotatable bonds is 7. The molecule has 0 aliphatic carbocycles. The first-order chi connectivity index (χ1) is 16.1. The lowest BCUT2D eigenvalue weighted by atomic mass is 10.0. The second kappa shape index (κ2) is 9.31. The number of hydrogen-bond acceptors (Lipinski definition) is 6. The molecular formula is C25H29N3O5. The van der Waals surface area contributed by atoms with E-state index in [1.807, 2.05) is 18.2 Å². The summed E-state index contributed by atoms with van der Waals surface area (Å²) in [5.41, 5.74) is 1.88. The molecule has 174 valence electrons. The van der Waals surface area contributed by atoms with Crippen LogP contribution in [0.2, 0.25) is 0 Å². The van der Waals surface area contributed by atoms with Gasteiger partial charge in [0.2, 0.25) is 18.6 Å². The highest BCUT2D eigenvalue weighted by atomic mass is 16.7. The number of anilines is 1. The molecule has 2 amide bonds. The molecule has 3 heterocycles. The van der Waals surface area contributed by atoms with E-state index < -0.39 is 0 Å². The van der Waals surface area contributed by atoms with Gasteiger partial charge in [-0.3, -0.25) is 14.5 Å². The van der Waals surface area contributed by atoms with Crippen molar-refractivity contribution in [2.24, 2.45) is 5.92 Å². The summed E-state index contributed by atoms with van der Waals surface area (Å²) in [5.74, 6) is 1.60. The number of benzene rings is 2. The second-order valence-corrected chi connectivity index (χ2v) is 8.72. The van der Waals surface area contributed by atoms with Gasteiger partial charge in [0.1, 0.15) is 5.75 Å². The zero-order chi connectivity index (χ0) is 22.8. The van der Waals surface area contributed by atoms with E-state index in [0.29, 0.717) is 24.6 Å². The predicted octanol–water partition coefficient (Wildman–Crippen LogP) is 2.73. The normalized spacial score (nSPS) is 20.8. The van der Waals surface area contributed by atoms with Crippen molar-refractivity contribution in [2.75, 3.05) is 45.0 Å². The Morgan fingerprint density at radius 2 is 1.88 bits per heavy atom. The molecule has 2 aromatic rings. The van der Waals surface area contributed by atoms with E-state index in [4.69, 9.17) is 14.2 Å². The molecule has 0 spiro atoms. The third-order valence-corrected chi connectivity index (χ3v) is 6.72. The van der Waals surface area contributed by atoms with Crippen LogP contribution in [0.5, 0.6) is 17.2 Å². The zero-order valence-corrected chi connectivity index (χ0v) is 18.8. The quantitative estimate of drug-likeness (QED) is 0.697. The Labute approximate surface area is 193 Å². The second-order valence-electron chi connectivity index (χ2n) is 8.72. The molecule has 33 heavy (non-hydrogen) atoms. The fourth-order valence-corrected chi connectivity index (χ4v) is 4.86. The molecule has 5 rings (SSSR count).